The minimum Gasteiger partial charge on any atom is -0.398 e. The summed E-state index contributed by atoms with van der Waals surface area (Å²) < 4.78 is 13.8. The number of halogens is 2. The lowest BCUT2D eigenvalue weighted by atomic mass is 10.1. The highest BCUT2D eigenvalue weighted by molar-refractivity contribution is 9.10. The molecule has 0 aromatic heterocycles. The van der Waals surface area contributed by atoms with E-state index >= 15 is 0 Å². The van der Waals surface area contributed by atoms with Crippen LogP contribution in [-0.4, -0.2) is 5.91 Å². The van der Waals surface area contributed by atoms with Gasteiger partial charge in [-0.3, -0.25) is 4.79 Å². The first kappa shape index (κ1) is 12.6. The number of nitrogens with two attached hydrogens (primary N) is 1. The van der Waals surface area contributed by atoms with E-state index in [-0.39, 0.29) is 17.2 Å². The lowest BCUT2D eigenvalue weighted by Gasteiger charge is -2.07. The largest absolute Gasteiger partial charge is 0.398 e. The maximum absolute atomic E-state index is 12.9. The van der Waals surface area contributed by atoms with Gasteiger partial charge in [0.2, 0.25) is 0 Å². The fourth-order valence-electron chi connectivity index (χ4n) is 1.47. The molecule has 2 rings (SSSR count). The minimum absolute atomic E-state index is 0.115. The molecular formula is C13H10BrFN2O. The SMILES string of the molecule is Nc1cc(F)ccc1C(=O)Nc1ccc(Br)cc1. The summed E-state index contributed by atoms with van der Waals surface area (Å²) in [6, 6.07) is 10.8. The highest BCUT2D eigenvalue weighted by Crippen LogP contribution is 2.18. The van der Waals surface area contributed by atoms with Crippen molar-refractivity contribution in [1.29, 1.82) is 0 Å². The number of benzene rings is 2. The Balaban J connectivity index is 2.19. The van der Waals surface area contributed by atoms with Crippen LogP contribution in [0.1, 0.15) is 10.4 Å². The number of anilines is 2. The van der Waals surface area contributed by atoms with Crippen LogP contribution in [0.5, 0.6) is 0 Å². The molecule has 3 nitrogen and oxygen atoms in total. The molecule has 0 unspecified atom stereocenters. The first-order chi connectivity index (χ1) is 8.56. The molecule has 0 aliphatic carbocycles. The molecule has 5 heteroatoms. The van der Waals surface area contributed by atoms with Gasteiger partial charge in [-0.1, -0.05) is 15.9 Å². The monoisotopic (exact) mass is 308 g/mol. The summed E-state index contributed by atoms with van der Waals surface area (Å²) in [7, 11) is 0. The topological polar surface area (TPSA) is 55.1 Å². The van der Waals surface area contributed by atoms with Crippen LogP contribution in [0.3, 0.4) is 0 Å². The zero-order valence-electron chi connectivity index (χ0n) is 9.28. The third kappa shape index (κ3) is 2.87. The van der Waals surface area contributed by atoms with E-state index in [1.807, 2.05) is 12.1 Å². The molecular weight excluding hydrogens is 299 g/mol. The number of rotatable bonds is 2. The summed E-state index contributed by atoms with van der Waals surface area (Å²) in [6.07, 6.45) is 0. The zero-order valence-corrected chi connectivity index (χ0v) is 10.9. The Morgan fingerprint density at radius 1 is 1.17 bits per heavy atom. The van der Waals surface area contributed by atoms with Crippen molar-refractivity contribution >= 4 is 33.2 Å². The zero-order chi connectivity index (χ0) is 13.1. The minimum atomic E-state index is -0.465. The van der Waals surface area contributed by atoms with Crippen molar-refractivity contribution in [2.45, 2.75) is 0 Å². The summed E-state index contributed by atoms with van der Waals surface area (Å²) >= 11 is 3.30. The van der Waals surface area contributed by atoms with Crippen LogP contribution < -0.4 is 11.1 Å². The van der Waals surface area contributed by atoms with Gasteiger partial charge in [-0.2, -0.15) is 0 Å². The van der Waals surface area contributed by atoms with Gasteiger partial charge in [0.05, 0.1) is 5.56 Å². The lowest BCUT2D eigenvalue weighted by molar-refractivity contribution is 0.102. The van der Waals surface area contributed by atoms with Crippen molar-refractivity contribution in [2.24, 2.45) is 0 Å². The van der Waals surface area contributed by atoms with Crippen molar-refractivity contribution < 1.29 is 9.18 Å². The van der Waals surface area contributed by atoms with Crippen LogP contribution in [0, 0.1) is 5.82 Å². The van der Waals surface area contributed by atoms with Gasteiger partial charge in [-0.15, -0.1) is 0 Å². The van der Waals surface area contributed by atoms with E-state index in [4.69, 9.17) is 5.73 Å². The maximum Gasteiger partial charge on any atom is 0.257 e. The van der Waals surface area contributed by atoms with E-state index in [2.05, 4.69) is 21.2 Å². The predicted molar refractivity (Wildman–Crippen MR) is 72.9 cm³/mol. The second kappa shape index (κ2) is 5.18. The normalized spacial score (nSPS) is 10.1. The van der Waals surface area contributed by atoms with Crippen LogP contribution in [0.25, 0.3) is 0 Å². The average Bonchev–Trinajstić information content (AvgIpc) is 2.32. The van der Waals surface area contributed by atoms with Gasteiger partial charge >= 0.3 is 0 Å². The Hall–Kier alpha value is -1.88. The Bertz CT molecular complexity index is 584. The van der Waals surface area contributed by atoms with Crippen molar-refractivity contribution in [3.63, 3.8) is 0 Å². The van der Waals surface area contributed by atoms with Crippen LogP contribution in [0.2, 0.25) is 0 Å². The maximum atomic E-state index is 12.9. The standard InChI is InChI=1S/C13H10BrFN2O/c14-8-1-4-10(5-2-8)17-13(18)11-6-3-9(15)7-12(11)16/h1-7H,16H2,(H,17,18). The first-order valence-electron chi connectivity index (χ1n) is 5.18. The van der Waals surface area contributed by atoms with Crippen molar-refractivity contribution in [3.8, 4) is 0 Å². The summed E-state index contributed by atoms with van der Waals surface area (Å²) in [5.74, 6) is -0.831. The van der Waals surface area contributed by atoms with E-state index in [0.717, 1.165) is 10.5 Å². The number of carbonyl (C=O) groups excluding carboxylic acids is 1. The molecule has 18 heavy (non-hydrogen) atoms. The molecule has 0 aliphatic heterocycles. The van der Waals surface area contributed by atoms with Gasteiger partial charge in [-0.25, -0.2) is 4.39 Å². The third-order valence-corrected chi connectivity index (χ3v) is 2.89. The van der Waals surface area contributed by atoms with Crippen LogP contribution in [-0.2, 0) is 0 Å². The van der Waals surface area contributed by atoms with Gasteiger partial charge in [0.25, 0.3) is 5.91 Å². The van der Waals surface area contributed by atoms with E-state index in [1.54, 1.807) is 12.1 Å². The predicted octanol–water partition coefficient (Wildman–Crippen LogP) is 3.42. The fourth-order valence-corrected chi connectivity index (χ4v) is 1.74. The molecule has 0 bridgehead atoms. The van der Waals surface area contributed by atoms with Gasteiger partial charge < -0.3 is 11.1 Å². The Labute approximate surface area is 112 Å². The number of nitrogen functional groups attached to an aromatic ring is 1. The highest BCUT2D eigenvalue weighted by Gasteiger charge is 2.10. The molecule has 2 aromatic rings. The molecule has 0 fully saturated rings. The second-order valence-electron chi connectivity index (χ2n) is 3.69. The number of amides is 1. The van der Waals surface area contributed by atoms with Gasteiger partial charge in [-0.05, 0) is 42.5 Å². The molecule has 0 saturated heterocycles. The second-order valence-corrected chi connectivity index (χ2v) is 4.61. The van der Waals surface area contributed by atoms with Gasteiger partial charge in [0.15, 0.2) is 0 Å². The first-order valence-corrected chi connectivity index (χ1v) is 5.97. The van der Waals surface area contributed by atoms with Crippen molar-refractivity contribution in [1.82, 2.24) is 0 Å². The third-order valence-electron chi connectivity index (χ3n) is 2.36. The summed E-state index contributed by atoms with van der Waals surface area (Å²) in [6.45, 7) is 0. The van der Waals surface area contributed by atoms with E-state index < -0.39 is 5.82 Å². The van der Waals surface area contributed by atoms with Gasteiger partial charge in [0, 0.05) is 15.8 Å². The van der Waals surface area contributed by atoms with Crippen molar-refractivity contribution in [3.05, 3.63) is 58.3 Å². The Kier molecular flexibility index (Phi) is 3.62. The van der Waals surface area contributed by atoms with Crippen LogP contribution in [0.4, 0.5) is 15.8 Å². The average molecular weight is 309 g/mol. The Morgan fingerprint density at radius 2 is 1.83 bits per heavy atom. The molecule has 0 saturated carbocycles. The van der Waals surface area contributed by atoms with Crippen LogP contribution in [0.15, 0.2) is 46.9 Å². The molecule has 3 N–H and O–H groups in total. The molecule has 0 heterocycles. The Morgan fingerprint density at radius 3 is 2.44 bits per heavy atom. The number of hydrogen-bond acceptors (Lipinski definition) is 2. The summed E-state index contributed by atoms with van der Waals surface area (Å²) in [5, 5.41) is 2.68. The smallest absolute Gasteiger partial charge is 0.257 e. The molecule has 0 radical (unpaired) electrons. The summed E-state index contributed by atoms with van der Waals surface area (Å²) in [4.78, 5) is 11.9. The molecule has 92 valence electrons. The van der Waals surface area contributed by atoms with Crippen molar-refractivity contribution in [2.75, 3.05) is 11.1 Å². The fraction of sp³-hybridized carbons (Fsp3) is 0. The van der Waals surface area contributed by atoms with Gasteiger partial charge in [0.1, 0.15) is 5.82 Å². The number of carbonyl (C=O) groups is 1. The molecule has 0 aliphatic rings. The van der Waals surface area contributed by atoms with E-state index in [1.165, 1.54) is 12.1 Å². The molecule has 1 amide bonds. The molecule has 0 atom stereocenters. The molecule has 0 spiro atoms. The number of hydrogen-bond donors (Lipinski definition) is 2. The summed E-state index contributed by atoms with van der Waals surface area (Å²) in [5.41, 5.74) is 6.60. The molecule has 2 aromatic carbocycles. The number of nitrogens with one attached hydrogen (secondary N) is 1. The quantitative estimate of drug-likeness (QED) is 0.835. The highest BCUT2D eigenvalue weighted by atomic mass is 79.9. The lowest BCUT2D eigenvalue weighted by Crippen LogP contribution is -2.14. The van der Waals surface area contributed by atoms with E-state index in [9.17, 15) is 9.18 Å². The van der Waals surface area contributed by atoms with E-state index in [0.29, 0.717) is 5.69 Å². The van der Waals surface area contributed by atoms with Crippen LogP contribution >= 0.6 is 15.9 Å².